The highest BCUT2D eigenvalue weighted by Crippen LogP contribution is 2.38. The first-order valence-corrected chi connectivity index (χ1v) is 7.13. The quantitative estimate of drug-likeness (QED) is 0.859. The van der Waals surface area contributed by atoms with Crippen molar-refractivity contribution in [1.29, 1.82) is 0 Å². The molecule has 0 aromatic heterocycles. The third kappa shape index (κ3) is 2.54. The summed E-state index contributed by atoms with van der Waals surface area (Å²) in [7, 11) is 0. The first-order valence-electron chi connectivity index (χ1n) is 7.13. The van der Waals surface area contributed by atoms with Crippen LogP contribution in [0.2, 0.25) is 0 Å². The van der Waals surface area contributed by atoms with Crippen LogP contribution < -0.4 is 10.1 Å². The minimum atomic E-state index is 0.392. The number of hydrogen-bond donors (Lipinski definition) is 1. The van der Waals surface area contributed by atoms with Gasteiger partial charge >= 0.3 is 0 Å². The number of para-hydroxylation sites is 1. The average molecular weight is 247 g/mol. The molecule has 0 amide bonds. The SMILES string of the molecule is CCNC(c1cccc2c1OCC2)C(C)C(C)C. The van der Waals surface area contributed by atoms with E-state index in [2.05, 4.69) is 51.2 Å². The Hall–Kier alpha value is -1.02. The summed E-state index contributed by atoms with van der Waals surface area (Å²) in [6, 6.07) is 6.97. The molecule has 100 valence electrons. The Bertz CT molecular complexity index is 400. The summed E-state index contributed by atoms with van der Waals surface area (Å²) in [4.78, 5) is 0. The highest BCUT2D eigenvalue weighted by molar-refractivity contribution is 5.45. The fourth-order valence-electron chi connectivity index (χ4n) is 2.67. The van der Waals surface area contributed by atoms with Crippen molar-refractivity contribution in [3.05, 3.63) is 29.3 Å². The molecule has 0 aliphatic carbocycles. The third-order valence-corrected chi connectivity index (χ3v) is 4.08. The lowest BCUT2D eigenvalue weighted by Gasteiger charge is -2.29. The van der Waals surface area contributed by atoms with Gasteiger partial charge in [0.2, 0.25) is 0 Å². The molecule has 0 saturated heterocycles. The maximum atomic E-state index is 5.85. The monoisotopic (exact) mass is 247 g/mol. The molecular formula is C16H25NO. The Labute approximate surface area is 111 Å². The second-order valence-electron chi connectivity index (χ2n) is 5.57. The molecule has 1 aromatic carbocycles. The molecule has 2 heteroatoms. The molecule has 1 N–H and O–H groups in total. The smallest absolute Gasteiger partial charge is 0.127 e. The van der Waals surface area contributed by atoms with Crippen LogP contribution in [0.25, 0.3) is 0 Å². The van der Waals surface area contributed by atoms with Gasteiger partial charge in [-0.1, -0.05) is 45.9 Å². The minimum absolute atomic E-state index is 0.392. The molecule has 2 rings (SSSR count). The van der Waals surface area contributed by atoms with E-state index in [-0.39, 0.29) is 0 Å². The zero-order chi connectivity index (χ0) is 13.1. The molecular weight excluding hydrogens is 222 g/mol. The van der Waals surface area contributed by atoms with E-state index in [9.17, 15) is 0 Å². The van der Waals surface area contributed by atoms with Crippen molar-refractivity contribution < 1.29 is 4.74 Å². The van der Waals surface area contributed by atoms with Crippen LogP contribution in [0.1, 0.15) is 44.9 Å². The number of rotatable bonds is 5. The van der Waals surface area contributed by atoms with Crippen molar-refractivity contribution >= 4 is 0 Å². The van der Waals surface area contributed by atoms with Gasteiger partial charge in [0.05, 0.1) is 6.61 Å². The Morgan fingerprint density at radius 2 is 2.06 bits per heavy atom. The first kappa shape index (κ1) is 13.4. The van der Waals surface area contributed by atoms with E-state index in [1.54, 1.807) is 0 Å². The number of benzene rings is 1. The maximum Gasteiger partial charge on any atom is 0.127 e. The number of nitrogens with one attached hydrogen (secondary N) is 1. The minimum Gasteiger partial charge on any atom is -0.493 e. The average Bonchev–Trinajstić information content (AvgIpc) is 2.83. The van der Waals surface area contributed by atoms with Gasteiger partial charge in [-0.3, -0.25) is 0 Å². The van der Waals surface area contributed by atoms with Gasteiger partial charge in [-0.15, -0.1) is 0 Å². The van der Waals surface area contributed by atoms with E-state index in [4.69, 9.17) is 4.74 Å². The van der Waals surface area contributed by atoms with Crippen LogP contribution in [0.5, 0.6) is 5.75 Å². The van der Waals surface area contributed by atoms with Gasteiger partial charge in [-0.05, 0) is 23.9 Å². The van der Waals surface area contributed by atoms with Crippen molar-refractivity contribution in [2.24, 2.45) is 11.8 Å². The van der Waals surface area contributed by atoms with Crippen LogP contribution in [-0.2, 0) is 6.42 Å². The van der Waals surface area contributed by atoms with Crippen LogP contribution in [0.3, 0.4) is 0 Å². The van der Waals surface area contributed by atoms with E-state index >= 15 is 0 Å². The lowest BCUT2D eigenvalue weighted by Crippen LogP contribution is -2.29. The molecule has 0 spiro atoms. The van der Waals surface area contributed by atoms with E-state index < -0.39 is 0 Å². The zero-order valence-electron chi connectivity index (χ0n) is 12.0. The Kier molecular flexibility index (Phi) is 4.28. The summed E-state index contributed by atoms with van der Waals surface area (Å²) in [5.41, 5.74) is 2.71. The van der Waals surface area contributed by atoms with Crippen LogP contribution in [0.15, 0.2) is 18.2 Å². The van der Waals surface area contributed by atoms with Crippen LogP contribution in [-0.4, -0.2) is 13.2 Å². The van der Waals surface area contributed by atoms with Crippen molar-refractivity contribution in [2.45, 2.75) is 40.2 Å². The fourth-order valence-corrected chi connectivity index (χ4v) is 2.67. The maximum absolute atomic E-state index is 5.85. The predicted octanol–water partition coefficient (Wildman–Crippen LogP) is 3.56. The molecule has 2 unspecified atom stereocenters. The fraction of sp³-hybridized carbons (Fsp3) is 0.625. The zero-order valence-corrected chi connectivity index (χ0v) is 12.0. The van der Waals surface area contributed by atoms with E-state index in [0.29, 0.717) is 17.9 Å². The molecule has 1 aromatic rings. The van der Waals surface area contributed by atoms with Gasteiger partial charge in [-0.25, -0.2) is 0 Å². The molecule has 18 heavy (non-hydrogen) atoms. The van der Waals surface area contributed by atoms with Gasteiger partial charge in [0.1, 0.15) is 5.75 Å². The van der Waals surface area contributed by atoms with E-state index in [1.807, 2.05) is 0 Å². The number of hydrogen-bond acceptors (Lipinski definition) is 2. The summed E-state index contributed by atoms with van der Waals surface area (Å²) in [5.74, 6) is 2.39. The Morgan fingerprint density at radius 3 is 2.72 bits per heavy atom. The summed E-state index contributed by atoms with van der Waals surface area (Å²) in [5, 5.41) is 3.63. The molecule has 0 saturated carbocycles. The normalized spacial score (nSPS) is 17.4. The largest absolute Gasteiger partial charge is 0.493 e. The molecule has 2 atom stereocenters. The Morgan fingerprint density at radius 1 is 1.28 bits per heavy atom. The lowest BCUT2D eigenvalue weighted by atomic mass is 9.85. The van der Waals surface area contributed by atoms with E-state index in [0.717, 1.165) is 25.3 Å². The molecule has 1 aliphatic rings. The van der Waals surface area contributed by atoms with Gasteiger partial charge in [0.25, 0.3) is 0 Å². The van der Waals surface area contributed by atoms with Crippen molar-refractivity contribution in [1.82, 2.24) is 5.32 Å². The summed E-state index contributed by atoms with van der Waals surface area (Å²) in [6.07, 6.45) is 1.05. The Balaban J connectivity index is 2.34. The molecule has 2 nitrogen and oxygen atoms in total. The highest BCUT2D eigenvalue weighted by Gasteiger charge is 2.26. The summed E-state index contributed by atoms with van der Waals surface area (Å²) >= 11 is 0. The van der Waals surface area contributed by atoms with Crippen molar-refractivity contribution in [3.8, 4) is 5.75 Å². The summed E-state index contributed by atoms with van der Waals surface area (Å²) in [6.45, 7) is 10.9. The topological polar surface area (TPSA) is 21.3 Å². The van der Waals surface area contributed by atoms with Gasteiger partial charge in [0.15, 0.2) is 0 Å². The number of fused-ring (bicyclic) bond motifs is 1. The number of ether oxygens (including phenoxy) is 1. The van der Waals surface area contributed by atoms with Crippen molar-refractivity contribution in [3.63, 3.8) is 0 Å². The van der Waals surface area contributed by atoms with Gasteiger partial charge < -0.3 is 10.1 Å². The highest BCUT2D eigenvalue weighted by atomic mass is 16.5. The third-order valence-electron chi connectivity index (χ3n) is 4.08. The van der Waals surface area contributed by atoms with Crippen LogP contribution in [0.4, 0.5) is 0 Å². The second-order valence-corrected chi connectivity index (χ2v) is 5.57. The first-order chi connectivity index (χ1) is 8.65. The standard InChI is InChI=1S/C16H25NO/c1-5-17-15(12(4)11(2)3)14-8-6-7-13-9-10-18-16(13)14/h6-8,11-12,15,17H,5,9-10H2,1-4H3. The summed E-state index contributed by atoms with van der Waals surface area (Å²) < 4.78 is 5.85. The van der Waals surface area contributed by atoms with Gasteiger partial charge in [-0.2, -0.15) is 0 Å². The lowest BCUT2D eigenvalue weighted by molar-refractivity contribution is 0.292. The van der Waals surface area contributed by atoms with Crippen molar-refractivity contribution in [2.75, 3.05) is 13.2 Å². The molecule has 0 radical (unpaired) electrons. The molecule has 0 fully saturated rings. The van der Waals surface area contributed by atoms with Gasteiger partial charge in [0, 0.05) is 18.0 Å². The van der Waals surface area contributed by atoms with Crippen LogP contribution >= 0.6 is 0 Å². The molecule has 0 bridgehead atoms. The molecule has 1 aliphatic heterocycles. The molecule has 1 heterocycles. The predicted molar refractivity (Wildman–Crippen MR) is 76.1 cm³/mol. The van der Waals surface area contributed by atoms with E-state index in [1.165, 1.54) is 11.1 Å². The van der Waals surface area contributed by atoms with Crippen LogP contribution in [0, 0.1) is 11.8 Å². The second kappa shape index (κ2) is 5.75.